The first-order valence-corrected chi connectivity index (χ1v) is 8.56. The number of sulfonamides is 1. The summed E-state index contributed by atoms with van der Waals surface area (Å²) in [4.78, 5) is 22.3. The van der Waals surface area contributed by atoms with Gasteiger partial charge in [-0.3, -0.25) is 14.3 Å². The standard InChI is InChI=1S/C15H11Cl2NO4S/c1-9(20)10-2-4-12(5-3-10)23(21,22)18-15-7-11(16)6-14(17)13(15)8-19/h2-8,18H,1H3. The van der Waals surface area contributed by atoms with Crippen molar-refractivity contribution in [1.82, 2.24) is 0 Å². The molecule has 0 spiro atoms. The van der Waals surface area contributed by atoms with Gasteiger partial charge in [0, 0.05) is 10.6 Å². The van der Waals surface area contributed by atoms with Crippen molar-refractivity contribution in [2.24, 2.45) is 0 Å². The highest BCUT2D eigenvalue weighted by molar-refractivity contribution is 7.92. The molecular weight excluding hydrogens is 361 g/mol. The first kappa shape index (κ1) is 17.5. The molecule has 0 aliphatic rings. The number of anilines is 1. The van der Waals surface area contributed by atoms with Gasteiger partial charge in [-0.15, -0.1) is 0 Å². The number of carbonyl (C=O) groups excluding carboxylic acids is 2. The van der Waals surface area contributed by atoms with Crippen LogP contribution in [0.2, 0.25) is 10.0 Å². The minimum absolute atomic E-state index is 0.0139. The van der Waals surface area contributed by atoms with Crippen LogP contribution in [0.5, 0.6) is 0 Å². The molecule has 0 atom stereocenters. The highest BCUT2D eigenvalue weighted by atomic mass is 35.5. The van der Waals surface area contributed by atoms with Gasteiger partial charge < -0.3 is 0 Å². The number of carbonyl (C=O) groups is 2. The van der Waals surface area contributed by atoms with Crippen molar-refractivity contribution in [2.75, 3.05) is 4.72 Å². The second kappa shape index (κ2) is 6.70. The molecule has 0 heterocycles. The van der Waals surface area contributed by atoms with E-state index in [1.165, 1.54) is 43.3 Å². The molecule has 0 saturated heterocycles. The lowest BCUT2D eigenvalue weighted by Crippen LogP contribution is -2.14. The van der Waals surface area contributed by atoms with E-state index in [4.69, 9.17) is 23.2 Å². The molecular formula is C15H11Cl2NO4S. The Labute approximate surface area is 143 Å². The minimum Gasteiger partial charge on any atom is -0.298 e. The minimum atomic E-state index is -3.96. The molecule has 2 rings (SSSR count). The maximum atomic E-state index is 12.4. The number of benzene rings is 2. The molecule has 0 fully saturated rings. The smallest absolute Gasteiger partial charge is 0.261 e. The lowest BCUT2D eigenvalue weighted by Gasteiger charge is -2.12. The fourth-order valence-corrected chi connectivity index (χ4v) is 3.47. The van der Waals surface area contributed by atoms with Gasteiger partial charge in [0.15, 0.2) is 12.1 Å². The van der Waals surface area contributed by atoms with Crippen LogP contribution in [0.4, 0.5) is 5.69 Å². The summed E-state index contributed by atoms with van der Waals surface area (Å²) >= 11 is 11.7. The van der Waals surface area contributed by atoms with Gasteiger partial charge in [-0.1, -0.05) is 35.3 Å². The normalized spacial score (nSPS) is 11.1. The molecule has 0 unspecified atom stereocenters. The third-order valence-electron chi connectivity index (χ3n) is 3.03. The quantitative estimate of drug-likeness (QED) is 0.639. The van der Waals surface area contributed by atoms with Crippen LogP contribution in [-0.2, 0) is 10.0 Å². The summed E-state index contributed by atoms with van der Waals surface area (Å²) in [5, 5.41) is 0.224. The Morgan fingerprint density at radius 3 is 2.26 bits per heavy atom. The number of nitrogens with one attached hydrogen (secondary N) is 1. The Bertz CT molecular complexity index is 877. The van der Waals surface area contributed by atoms with E-state index in [1.807, 2.05) is 0 Å². The van der Waals surface area contributed by atoms with Crippen molar-refractivity contribution >= 4 is 51.0 Å². The van der Waals surface area contributed by atoms with Gasteiger partial charge in [-0.2, -0.15) is 0 Å². The SMILES string of the molecule is CC(=O)c1ccc(S(=O)(=O)Nc2cc(Cl)cc(Cl)c2C=O)cc1. The monoisotopic (exact) mass is 371 g/mol. The van der Waals surface area contributed by atoms with E-state index in [0.29, 0.717) is 11.8 Å². The van der Waals surface area contributed by atoms with Gasteiger partial charge in [-0.05, 0) is 31.2 Å². The largest absolute Gasteiger partial charge is 0.298 e. The lowest BCUT2D eigenvalue weighted by atomic mass is 10.2. The predicted octanol–water partition coefficient (Wildman–Crippen LogP) is 3.81. The zero-order valence-electron chi connectivity index (χ0n) is 11.8. The van der Waals surface area contributed by atoms with Crippen LogP contribution >= 0.6 is 23.2 Å². The molecule has 23 heavy (non-hydrogen) atoms. The molecule has 0 aromatic heterocycles. The summed E-state index contributed by atoms with van der Waals surface area (Å²) in [6, 6.07) is 8.04. The fourth-order valence-electron chi connectivity index (χ4n) is 1.86. The number of halogens is 2. The molecule has 0 bridgehead atoms. The maximum absolute atomic E-state index is 12.4. The first-order chi connectivity index (χ1) is 10.7. The zero-order chi connectivity index (χ0) is 17.2. The molecule has 0 aliphatic heterocycles. The van der Waals surface area contributed by atoms with Gasteiger partial charge in [0.25, 0.3) is 10.0 Å². The summed E-state index contributed by atoms with van der Waals surface area (Å²) in [5.41, 5.74) is 0.358. The van der Waals surface area contributed by atoms with E-state index in [-0.39, 0.29) is 32.0 Å². The Morgan fingerprint density at radius 1 is 1.13 bits per heavy atom. The molecule has 2 aromatic carbocycles. The third-order valence-corrected chi connectivity index (χ3v) is 4.94. The van der Waals surface area contributed by atoms with Crippen LogP contribution < -0.4 is 4.72 Å². The van der Waals surface area contributed by atoms with E-state index >= 15 is 0 Å². The summed E-state index contributed by atoms with van der Waals surface area (Å²) < 4.78 is 27.0. The number of hydrogen-bond donors (Lipinski definition) is 1. The summed E-state index contributed by atoms with van der Waals surface area (Å²) in [6.07, 6.45) is 0.440. The van der Waals surface area contributed by atoms with Gasteiger partial charge >= 0.3 is 0 Å². The van der Waals surface area contributed by atoms with Crippen LogP contribution in [-0.4, -0.2) is 20.5 Å². The van der Waals surface area contributed by atoms with Gasteiger partial charge in [0.2, 0.25) is 0 Å². The first-order valence-electron chi connectivity index (χ1n) is 6.32. The Morgan fingerprint density at radius 2 is 1.74 bits per heavy atom. The van der Waals surface area contributed by atoms with Crippen molar-refractivity contribution in [3.8, 4) is 0 Å². The lowest BCUT2D eigenvalue weighted by molar-refractivity contribution is 0.101. The van der Waals surface area contributed by atoms with Crippen molar-refractivity contribution in [3.63, 3.8) is 0 Å². The van der Waals surface area contributed by atoms with Crippen molar-refractivity contribution in [2.45, 2.75) is 11.8 Å². The molecule has 0 radical (unpaired) electrons. The fraction of sp³-hybridized carbons (Fsp3) is 0.0667. The van der Waals surface area contributed by atoms with Gasteiger partial charge in [-0.25, -0.2) is 8.42 Å². The zero-order valence-corrected chi connectivity index (χ0v) is 14.2. The van der Waals surface area contributed by atoms with Crippen LogP contribution in [0.1, 0.15) is 27.6 Å². The molecule has 0 aliphatic carbocycles. The Hall–Kier alpha value is -1.89. The molecule has 2 aromatic rings. The second-order valence-electron chi connectivity index (χ2n) is 4.65. The van der Waals surface area contributed by atoms with E-state index in [9.17, 15) is 18.0 Å². The Balaban J connectivity index is 2.42. The molecule has 8 heteroatoms. The average molecular weight is 372 g/mol. The second-order valence-corrected chi connectivity index (χ2v) is 7.18. The average Bonchev–Trinajstić information content (AvgIpc) is 2.46. The van der Waals surface area contributed by atoms with Gasteiger partial charge in [0.05, 0.1) is 21.2 Å². The topological polar surface area (TPSA) is 80.3 Å². The van der Waals surface area contributed by atoms with Crippen molar-refractivity contribution in [1.29, 1.82) is 0 Å². The number of Topliss-reactive ketones (excluding diaryl/α,β-unsaturated/α-hetero) is 1. The number of rotatable bonds is 5. The van der Waals surface area contributed by atoms with E-state index in [0.717, 1.165) is 0 Å². The van der Waals surface area contributed by atoms with Crippen LogP contribution in [0, 0.1) is 0 Å². The highest BCUT2D eigenvalue weighted by Gasteiger charge is 2.18. The van der Waals surface area contributed by atoms with Crippen molar-refractivity contribution < 1.29 is 18.0 Å². The van der Waals surface area contributed by atoms with Crippen LogP contribution in [0.15, 0.2) is 41.3 Å². The van der Waals surface area contributed by atoms with Crippen LogP contribution in [0.3, 0.4) is 0 Å². The maximum Gasteiger partial charge on any atom is 0.261 e. The molecule has 5 nitrogen and oxygen atoms in total. The number of hydrogen-bond acceptors (Lipinski definition) is 4. The summed E-state index contributed by atoms with van der Waals surface area (Å²) in [7, 11) is -3.96. The van der Waals surface area contributed by atoms with E-state index in [2.05, 4.69) is 4.72 Å². The highest BCUT2D eigenvalue weighted by Crippen LogP contribution is 2.29. The number of ketones is 1. The third kappa shape index (κ3) is 3.90. The summed E-state index contributed by atoms with van der Waals surface area (Å²) in [5.74, 6) is -0.174. The predicted molar refractivity (Wildman–Crippen MR) is 89.1 cm³/mol. The van der Waals surface area contributed by atoms with Crippen LogP contribution in [0.25, 0.3) is 0 Å². The Kier molecular flexibility index (Phi) is 5.09. The molecule has 120 valence electrons. The van der Waals surface area contributed by atoms with Crippen molar-refractivity contribution in [3.05, 3.63) is 57.6 Å². The summed E-state index contributed by atoms with van der Waals surface area (Å²) in [6.45, 7) is 1.38. The molecule has 0 amide bonds. The van der Waals surface area contributed by atoms with E-state index < -0.39 is 10.0 Å². The molecule has 0 saturated carbocycles. The number of aldehydes is 1. The molecule has 1 N–H and O–H groups in total. The van der Waals surface area contributed by atoms with E-state index in [1.54, 1.807) is 0 Å². The van der Waals surface area contributed by atoms with Gasteiger partial charge in [0.1, 0.15) is 0 Å².